The summed E-state index contributed by atoms with van der Waals surface area (Å²) in [6.07, 6.45) is 2.89. The van der Waals surface area contributed by atoms with E-state index in [1.54, 1.807) is 4.90 Å². The largest absolute Gasteiger partial charge is 0.423 e. The molecule has 1 spiro atoms. The molecule has 8 nitrogen and oxygen atoms in total. The van der Waals surface area contributed by atoms with Crippen LogP contribution in [0.3, 0.4) is 0 Å². The van der Waals surface area contributed by atoms with E-state index in [0.29, 0.717) is 18.3 Å². The number of urea groups is 1. The molecular weight excluding hydrogens is 298 g/mol. The first-order valence-corrected chi connectivity index (χ1v) is 8.18. The lowest BCUT2D eigenvalue weighted by Crippen LogP contribution is -2.41. The Labute approximate surface area is 135 Å². The topological polar surface area (TPSA) is 85.9 Å². The molecule has 2 aliphatic heterocycles. The average molecular weight is 321 g/mol. The van der Waals surface area contributed by atoms with Gasteiger partial charge in [-0.05, 0) is 38.8 Å². The number of rotatable bonds is 4. The lowest BCUT2D eigenvalue weighted by Gasteiger charge is -2.34. The third kappa shape index (κ3) is 2.23. The number of carbonyl (C=O) groups excluding carboxylic acids is 1. The Kier molecular flexibility index (Phi) is 3.18. The van der Waals surface area contributed by atoms with Crippen molar-refractivity contribution in [1.29, 1.82) is 0 Å². The second-order valence-electron chi connectivity index (χ2n) is 7.52. The summed E-state index contributed by atoms with van der Waals surface area (Å²) < 4.78 is 5.90. The van der Waals surface area contributed by atoms with Gasteiger partial charge < -0.3 is 14.2 Å². The highest BCUT2D eigenvalue weighted by molar-refractivity contribution is 5.77. The minimum atomic E-state index is -0.343. The fourth-order valence-electron chi connectivity index (χ4n) is 4.08. The SMILES string of the molecule is C[C@@H](CN(C)C)c1nnc([C@@H]2CC3(CC3)[C@@H]3CN2C(=O)N3O)o1. The smallest absolute Gasteiger partial charge is 0.344 e. The monoisotopic (exact) mass is 321 g/mol. The van der Waals surface area contributed by atoms with Crippen molar-refractivity contribution in [1.82, 2.24) is 25.1 Å². The number of piperidine rings is 1. The van der Waals surface area contributed by atoms with E-state index in [2.05, 4.69) is 15.1 Å². The Balaban J connectivity index is 1.59. The molecule has 3 heterocycles. The van der Waals surface area contributed by atoms with Crippen LogP contribution in [0.5, 0.6) is 0 Å². The van der Waals surface area contributed by atoms with Gasteiger partial charge in [0.25, 0.3) is 0 Å². The maximum absolute atomic E-state index is 12.3. The zero-order valence-electron chi connectivity index (χ0n) is 13.8. The molecule has 1 aromatic rings. The van der Waals surface area contributed by atoms with Gasteiger partial charge in [-0.2, -0.15) is 0 Å². The number of hydroxylamine groups is 2. The first-order chi connectivity index (χ1) is 10.9. The van der Waals surface area contributed by atoms with Crippen LogP contribution in [0.15, 0.2) is 4.42 Å². The predicted molar refractivity (Wildman–Crippen MR) is 79.8 cm³/mol. The standard InChI is InChI=1S/C15H23N5O3/c1-9(7-18(2)3)12-16-17-13(23-12)10-6-15(4-5-15)11-8-19(10)14(21)20(11)22/h9-11,22H,4-8H2,1-3H3/t9-,10-,11-/m0/s1. The minimum absolute atomic E-state index is 0.0337. The molecule has 4 rings (SSSR count). The number of likely N-dealkylation sites (N-methyl/N-ethyl adjacent to an activating group) is 1. The highest BCUT2D eigenvalue weighted by Crippen LogP contribution is 2.61. The minimum Gasteiger partial charge on any atom is -0.423 e. The summed E-state index contributed by atoms with van der Waals surface area (Å²) in [5.74, 6) is 1.24. The van der Waals surface area contributed by atoms with Crippen molar-refractivity contribution in [2.45, 2.75) is 44.2 Å². The number of aromatic nitrogens is 2. The molecule has 3 fully saturated rings. The maximum Gasteiger partial charge on any atom is 0.344 e. The van der Waals surface area contributed by atoms with E-state index in [-0.39, 0.29) is 29.4 Å². The van der Waals surface area contributed by atoms with Crippen LogP contribution in [0.2, 0.25) is 0 Å². The highest BCUT2D eigenvalue weighted by Gasteiger charge is 2.63. The molecule has 1 aromatic heterocycles. The van der Waals surface area contributed by atoms with E-state index in [1.807, 2.05) is 21.0 Å². The molecule has 3 aliphatic rings. The zero-order chi connectivity index (χ0) is 16.4. The van der Waals surface area contributed by atoms with E-state index in [9.17, 15) is 10.0 Å². The Morgan fingerprint density at radius 3 is 2.83 bits per heavy atom. The van der Waals surface area contributed by atoms with Crippen molar-refractivity contribution in [2.24, 2.45) is 5.41 Å². The third-order valence-electron chi connectivity index (χ3n) is 5.48. The number of fused-ring (bicyclic) bond motifs is 3. The molecule has 126 valence electrons. The summed E-state index contributed by atoms with van der Waals surface area (Å²) in [5, 5.41) is 19.4. The van der Waals surface area contributed by atoms with Crippen LogP contribution < -0.4 is 0 Å². The second-order valence-corrected chi connectivity index (χ2v) is 7.52. The van der Waals surface area contributed by atoms with E-state index in [4.69, 9.17) is 4.42 Å². The van der Waals surface area contributed by atoms with Gasteiger partial charge in [0.1, 0.15) is 6.04 Å². The van der Waals surface area contributed by atoms with Crippen LogP contribution >= 0.6 is 0 Å². The summed E-state index contributed by atoms with van der Waals surface area (Å²) >= 11 is 0. The van der Waals surface area contributed by atoms with Gasteiger partial charge in [-0.25, -0.2) is 9.86 Å². The Bertz CT molecular complexity index is 626. The van der Waals surface area contributed by atoms with Crippen molar-refractivity contribution in [3.05, 3.63) is 11.8 Å². The van der Waals surface area contributed by atoms with Gasteiger partial charge in [0.15, 0.2) is 0 Å². The number of amides is 2. The van der Waals surface area contributed by atoms with Crippen molar-refractivity contribution >= 4 is 6.03 Å². The number of nitrogens with zero attached hydrogens (tertiary/aromatic N) is 5. The lowest BCUT2D eigenvalue weighted by atomic mass is 9.85. The van der Waals surface area contributed by atoms with E-state index >= 15 is 0 Å². The molecule has 1 N–H and O–H groups in total. The quantitative estimate of drug-likeness (QED) is 0.845. The van der Waals surface area contributed by atoms with Crippen LogP contribution in [-0.2, 0) is 0 Å². The van der Waals surface area contributed by atoms with Gasteiger partial charge >= 0.3 is 6.03 Å². The summed E-state index contributed by atoms with van der Waals surface area (Å²) in [4.78, 5) is 16.0. The molecule has 1 saturated carbocycles. The van der Waals surface area contributed by atoms with Gasteiger partial charge in [-0.1, -0.05) is 6.92 Å². The Morgan fingerprint density at radius 2 is 2.17 bits per heavy atom. The van der Waals surface area contributed by atoms with Crippen LogP contribution in [0.1, 0.15) is 49.9 Å². The number of carbonyl (C=O) groups is 1. The summed E-state index contributed by atoms with van der Waals surface area (Å²) in [5.41, 5.74) is 0.0337. The first kappa shape index (κ1) is 14.9. The van der Waals surface area contributed by atoms with Crippen LogP contribution in [-0.4, -0.2) is 69.5 Å². The summed E-state index contributed by atoms with van der Waals surface area (Å²) in [6.45, 7) is 3.42. The van der Waals surface area contributed by atoms with Crippen LogP contribution in [0.25, 0.3) is 0 Å². The van der Waals surface area contributed by atoms with Gasteiger partial charge in [0.05, 0.1) is 6.04 Å². The molecule has 8 heteroatoms. The second kappa shape index (κ2) is 4.91. The van der Waals surface area contributed by atoms with Gasteiger partial charge in [0.2, 0.25) is 11.8 Å². The molecular formula is C15H23N5O3. The van der Waals surface area contributed by atoms with Crippen molar-refractivity contribution < 1.29 is 14.4 Å². The number of hydrogen-bond donors (Lipinski definition) is 1. The van der Waals surface area contributed by atoms with Crippen molar-refractivity contribution in [3.8, 4) is 0 Å². The fourth-order valence-corrected chi connectivity index (χ4v) is 4.08. The van der Waals surface area contributed by atoms with Gasteiger partial charge in [-0.15, -0.1) is 10.2 Å². The maximum atomic E-state index is 12.3. The van der Waals surface area contributed by atoms with Crippen LogP contribution in [0, 0.1) is 5.41 Å². The summed E-state index contributed by atoms with van der Waals surface area (Å²) in [6, 6.07) is -0.641. The van der Waals surface area contributed by atoms with E-state index in [0.717, 1.165) is 30.9 Å². The lowest BCUT2D eigenvalue weighted by molar-refractivity contribution is -0.0783. The summed E-state index contributed by atoms with van der Waals surface area (Å²) in [7, 11) is 4.01. The Morgan fingerprint density at radius 1 is 1.43 bits per heavy atom. The Hall–Kier alpha value is -1.67. The van der Waals surface area contributed by atoms with Crippen molar-refractivity contribution in [2.75, 3.05) is 27.2 Å². The highest BCUT2D eigenvalue weighted by atomic mass is 16.5. The molecule has 2 bridgehead atoms. The zero-order valence-corrected chi connectivity index (χ0v) is 13.8. The van der Waals surface area contributed by atoms with E-state index in [1.165, 1.54) is 0 Å². The molecule has 23 heavy (non-hydrogen) atoms. The molecule has 0 aromatic carbocycles. The van der Waals surface area contributed by atoms with Gasteiger partial charge in [-0.3, -0.25) is 5.21 Å². The normalized spacial score (nSPS) is 29.7. The predicted octanol–water partition coefficient (Wildman–Crippen LogP) is 1.46. The molecule has 1 aliphatic carbocycles. The molecule has 2 amide bonds. The molecule has 2 saturated heterocycles. The van der Waals surface area contributed by atoms with Gasteiger partial charge in [0, 0.05) is 19.0 Å². The molecule has 3 atom stereocenters. The van der Waals surface area contributed by atoms with E-state index < -0.39 is 0 Å². The number of hydrogen-bond acceptors (Lipinski definition) is 6. The third-order valence-corrected chi connectivity index (χ3v) is 5.48. The fraction of sp³-hybridized carbons (Fsp3) is 0.800. The van der Waals surface area contributed by atoms with Crippen molar-refractivity contribution in [3.63, 3.8) is 0 Å². The first-order valence-electron chi connectivity index (χ1n) is 8.18. The molecule has 0 unspecified atom stereocenters. The van der Waals surface area contributed by atoms with Crippen LogP contribution in [0.4, 0.5) is 4.79 Å². The average Bonchev–Trinajstić information content (AvgIpc) is 2.99. The molecule has 0 radical (unpaired) electrons.